The molecule has 0 saturated carbocycles. The number of likely N-dealkylation sites (tertiary alicyclic amines) is 1. The first-order valence-corrected chi connectivity index (χ1v) is 11.6. The molecule has 2 amide bonds. The molecule has 1 fully saturated rings. The summed E-state index contributed by atoms with van der Waals surface area (Å²) < 4.78 is 16.7. The van der Waals surface area contributed by atoms with Crippen molar-refractivity contribution in [3.8, 4) is 0 Å². The van der Waals surface area contributed by atoms with Crippen molar-refractivity contribution in [1.82, 2.24) is 10.2 Å². The Morgan fingerprint density at radius 2 is 1.85 bits per heavy atom. The summed E-state index contributed by atoms with van der Waals surface area (Å²) in [5.41, 5.74) is 0.313. The van der Waals surface area contributed by atoms with Crippen LogP contribution >= 0.6 is 0 Å². The van der Waals surface area contributed by atoms with E-state index in [1.54, 1.807) is 25.7 Å². The number of hydrogen-bond acceptors (Lipinski definition) is 6. The van der Waals surface area contributed by atoms with E-state index in [-0.39, 0.29) is 43.7 Å². The molecule has 1 heterocycles. The van der Waals surface area contributed by atoms with Gasteiger partial charge in [0.25, 0.3) is 0 Å². The van der Waals surface area contributed by atoms with E-state index in [0.717, 1.165) is 18.4 Å². The first-order valence-electron chi connectivity index (χ1n) is 11.6. The molecule has 2 atom stereocenters. The molecule has 0 aliphatic carbocycles. The van der Waals surface area contributed by atoms with E-state index in [4.69, 9.17) is 14.2 Å². The Bertz CT molecular complexity index is 775. The second-order valence-corrected chi connectivity index (χ2v) is 9.79. The number of rotatable bonds is 10. The van der Waals surface area contributed by atoms with Gasteiger partial charge in [-0.3, -0.25) is 9.59 Å². The zero-order valence-electron chi connectivity index (χ0n) is 20.5. The molecule has 0 aromatic heterocycles. The van der Waals surface area contributed by atoms with Gasteiger partial charge in [-0.1, -0.05) is 44.2 Å². The molecule has 184 valence electrons. The highest BCUT2D eigenvalue weighted by Crippen LogP contribution is 2.21. The monoisotopic (exact) mass is 462 g/mol. The summed E-state index contributed by atoms with van der Waals surface area (Å²) >= 11 is 0. The van der Waals surface area contributed by atoms with Crippen molar-refractivity contribution in [2.75, 3.05) is 19.7 Å². The lowest BCUT2D eigenvalue weighted by atomic mass is 10.1. The SMILES string of the molecule is CC(C)C[C@H](OCC1CCCN1C(=O)OCc1ccccc1)C(=O)NCC(=O)OC(C)(C)C. The molecule has 1 aromatic carbocycles. The normalized spacial score (nSPS) is 17.0. The number of esters is 1. The number of amides is 2. The lowest BCUT2D eigenvalue weighted by molar-refractivity contribution is -0.155. The van der Waals surface area contributed by atoms with Crippen LogP contribution in [0.15, 0.2) is 30.3 Å². The van der Waals surface area contributed by atoms with Gasteiger partial charge in [0.15, 0.2) is 0 Å². The fraction of sp³-hybridized carbons (Fsp3) is 0.640. The molecular formula is C25H38N2O6. The van der Waals surface area contributed by atoms with Gasteiger partial charge in [-0.2, -0.15) is 0 Å². The molecule has 1 aromatic rings. The standard InChI is InChI=1S/C25H38N2O6/c1-18(2)14-21(23(29)26-15-22(28)33-25(3,4)5)31-17-20-12-9-13-27(20)24(30)32-16-19-10-7-6-8-11-19/h6-8,10-11,18,20-21H,9,12-17H2,1-5H3,(H,26,29)/t20?,21-/m0/s1. The first-order chi connectivity index (χ1) is 15.5. The van der Waals surface area contributed by atoms with Gasteiger partial charge in [0.2, 0.25) is 5.91 Å². The molecule has 1 aliphatic rings. The second kappa shape index (κ2) is 12.6. The fourth-order valence-electron chi connectivity index (χ4n) is 3.61. The van der Waals surface area contributed by atoms with Gasteiger partial charge in [0.05, 0.1) is 12.6 Å². The molecule has 8 nitrogen and oxygen atoms in total. The zero-order valence-corrected chi connectivity index (χ0v) is 20.5. The van der Waals surface area contributed by atoms with Crippen LogP contribution in [0.5, 0.6) is 0 Å². The fourth-order valence-corrected chi connectivity index (χ4v) is 3.61. The maximum absolute atomic E-state index is 12.7. The third-order valence-corrected chi connectivity index (χ3v) is 5.11. The van der Waals surface area contributed by atoms with Crippen molar-refractivity contribution in [1.29, 1.82) is 0 Å². The van der Waals surface area contributed by atoms with Crippen LogP contribution in [-0.4, -0.2) is 60.3 Å². The van der Waals surface area contributed by atoms with Crippen LogP contribution in [0.25, 0.3) is 0 Å². The molecule has 1 N–H and O–H groups in total. The molecule has 8 heteroatoms. The molecule has 2 rings (SSSR count). The predicted octanol–water partition coefficient (Wildman–Crippen LogP) is 3.68. The van der Waals surface area contributed by atoms with E-state index in [2.05, 4.69) is 5.32 Å². The number of nitrogens with zero attached hydrogens (tertiary/aromatic N) is 1. The van der Waals surface area contributed by atoms with Crippen molar-refractivity contribution >= 4 is 18.0 Å². The van der Waals surface area contributed by atoms with E-state index in [1.165, 1.54) is 0 Å². The summed E-state index contributed by atoms with van der Waals surface area (Å²) in [5.74, 6) is -0.633. The van der Waals surface area contributed by atoms with E-state index in [1.807, 2.05) is 44.2 Å². The van der Waals surface area contributed by atoms with Gasteiger partial charge in [0, 0.05) is 6.54 Å². The lowest BCUT2D eigenvalue weighted by Gasteiger charge is -2.27. The Labute approximate surface area is 196 Å². The topological polar surface area (TPSA) is 94.2 Å². The van der Waals surface area contributed by atoms with Crippen LogP contribution in [0.4, 0.5) is 4.79 Å². The van der Waals surface area contributed by atoms with Gasteiger partial charge in [-0.05, 0) is 51.5 Å². The number of hydrogen-bond donors (Lipinski definition) is 1. The van der Waals surface area contributed by atoms with Crippen molar-refractivity contribution < 1.29 is 28.6 Å². The number of carbonyl (C=O) groups excluding carboxylic acids is 3. The van der Waals surface area contributed by atoms with Crippen molar-refractivity contribution in [3.05, 3.63) is 35.9 Å². The molecule has 0 radical (unpaired) electrons. The number of benzene rings is 1. The Balaban J connectivity index is 1.86. The van der Waals surface area contributed by atoms with E-state index >= 15 is 0 Å². The third-order valence-electron chi connectivity index (χ3n) is 5.11. The van der Waals surface area contributed by atoms with Gasteiger partial charge in [-0.25, -0.2) is 4.79 Å². The highest BCUT2D eigenvalue weighted by molar-refractivity contribution is 5.85. The molecule has 1 aliphatic heterocycles. The van der Waals surface area contributed by atoms with E-state index in [9.17, 15) is 14.4 Å². The first kappa shape index (κ1) is 26.6. The van der Waals surface area contributed by atoms with Crippen LogP contribution in [0, 0.1) is 5.92 Å². The Morgan fingerprint density at radius 1 is 1.15 bits per heavy atom. The van der Waals surface area contributed by atoms with Gasteiger partial charge >= 0.3 is 12.1 Å². The molecule has 0 spiro atoms. The minimum atomic E-state index is -0.713. The van der Waals surface area contributed by atoms with Crippen molar-refractivity contribution in [2.45, 2.75) is 78.2 Å². The molecule has 0 bridgehead atoms. The zero-order chi connectivity index (χ0) is 24.4. The van der Waals surface area contributed by atoms with Crippen LogP contribution in [0.2, 0.25) is 0 Å². The van der Waals surface area contributed by atoms with E-state index < -0.39 is 17.7 Å². The summed E-state index contributed by atoms with van der Waals surface area (Å²) in [6.07, 6.45) is 1.06. The smallest absolute Gasteiger partial charge is 0.410 e. The summed E-state index contributed by atoms with van der Waals surface area (Å²) in [7, 11) is 0. The summed E-state index contributed by atoms with van der Waals surface area (Å²) in [6.45, 7) is 10.2. The number of ether oxygens (including phenoxy) is 3. The van der Waals surface area contributed by atoms with Crippen LogP contribution in [-0.2, 0) is 30.4 Å². The minimum absolute atomic E-state index is 0.151. The average molecular weight is 463 g/mol. The largest absolute Gasteiger partial charge is 0.459 e. The molecular weight excluding hydrogens is 424 g/mol. The highest BCUT2D eigenvalue weighted by Gasteiger charge is 2.32. The Hall–Kier alpha value is -2.61. The van der Waals surface area contributed by atoms with Crippen molar-refractivity contribution in [2.24, 2.45) is 5.92 Å². The highest BCUT2D eigenvalue weighted by atomic mass is 16.6. The van der Waals surface area contributed by atoms with Crippen LogP contribution in [0.3, 0.4) is 0 Å². The number of nitrogens with one attached hydrogen (secondary N) is 1. The second-order valence-electron chi connectivity index (χ2n) is 9.79. The third kappa shape index (κ3) is 9.82. The van der Waals surface area contributed by atoms with Crippen molar-refractivity contribution in [3.63, 3.8) is 0 Å². The average Bonchev–Trinajstić information content (AvgIpc) is 3.21. The summed E-state index contributed by atoms with van der Waals surface area (Å²) in [4.78, 5) is 38.9. The minimum Gasteiger partial charge on any atom is -0.459 e. The van der Waals surface area contributed by atoms with Gasteiger partial charge in [0.1, 0.15) is 24.9 Å². The van der Waals surface area contributed by atoms with Gasteiger partial charge in [-0.15, -0.1) is 0 Å². The van der Waals surface area contributed by atoms with Gasteiger partial charge < -0.3 is 24.4 Å². The van der Waals surface area contributed by atoms with E-state index in [0.29, 0.717) is 13.0 Å². The maximum Gasteiger partial charge on any atom is 0.410 e. The molecule has 1 saturated heterocycles. The lowest BCUT2D eigenvalue weighted by Crippen LogP contribution is -2.44. The molecule has 33 heavy (non-hydrogen) atoms. The Kier molecular flexibility index (Phi) is 10.2. The van der Waals surface area contributed by atoms with Crippen LogP contribution < -0.4 is 5.32 Å². The number of carbonyl (C=O) groups is 3. The predicted molar refractivity (Wildman–Crippen MR) is 124 cm³/mol. The Morgan fingerprint density at radius 3 is 2.48 bits per heavy atom. The van der Waals surface area contributed by atoms with Crippen LogP contribution in [0.1, 0.15) is 59.4 Å². The summed E-state index contributed by atoms with van der Waals surface area (Å²) in [6, 6.07) is 9.38. The molecule has 1 unspecified atom stereocenters. The summed E-state index contributed by atoms with van der Waals surface area (Å²) in [5, 5.41) is 2.61. The maximum atomic E-state index is 12.7. The quantitative estimate of drug-likeness (QED) is 0.533.